The fourth-order valence-electron chi connectivity index (χ4n) is 6.27. The van der Waals surface area contributed by atoms with Crippen LogP contribution in [-0.2, 0) is 19.1 Å². The zero-order chi connectivity index (χ0) is 33.0. The Morgan fingerprint density at radius 2 is 1.59 bits per heavy atom. The molecule has 1 saturated carbocycles. The number of ether oxygens (including phenoxy) is 2. The van der Waals surface area contributed by atoms with E-state index in [1.54, 1.807) is 15.9 Å². The topological polar surface area (TPSA) is 134 Å². The van der Waals surface area contributed by atoms with Gasteiger partial charge >= 0.3 is 12.1 Å². The Labute approximate surface area is 270 Å². The van der Waals surface area contributed by atoms with E-state index in [0.29, 0.717) is 64.1 Å². The molecule has 46 heavy (non-hydrogen) atoms. The van der Waals surface area contributed by atoms with Gasteiger partial charge in [0.25, 0.3) is 5.91 Å². The maximum atomic E-state index is 13.9. The van der Waals surface area contributed by atoms with Crippen LogP contribution in [0.1, 0.15) is 57.9 Å². The van der Waals surface area contributed by atoms with Gasteiger partial charge in [0.05, 0.1) is 19.1 Å². The van der Waals surface area contributed by atoms with Crippen LogP contribution in [0.25, 0.3) is 11.4 Å². The van der Waals surface area contributed by atoms with Gasteiger partial charge in [-0.2, -0.15) is 0 Å². The van der Waals surface area contributed by atoms with E-state index in [0.717, 1.165) is 18.4 Å². The monoisotopic (exact) mass is 634 g/mol. The molecule has 4 atom stereocenters. The Morgan fingerprint density at radius 1 is 0.935 bits per heavy atom. The third-order valence-corrected chi connectivity index (χ3v) is 9.02. The maximum Gasteiger partial charge on any atom is 0.409 e. The second kappa shape index (κ2) is 14.0. The van der Waals surface area contributed by atoms with Crippen LogP contribution in [0.15, 0.2) is 36.4 Å². The molecular formula is C34H46N6O6. The quantitative estimate of drug-likeness (QED) is 0.307. The van der Waals surface area contributed by atoms with Crippen molar-refractivity contribution in [2.75, 3.05) is 57.4 Å². The third kappa shape index (κ3) is 7.42. The molecule has 248 valence electrons. The molecule has 2 aliphatic heterocycles. The van der Waals surface area contributed by atoms with E-state index in [1.807, 2.05) is 65.0 Å². The standard InChI is InChI=1S/C34H46N6O6/c1-6-8-18-46-33(44)39-16-14-38(15-17-39)31(42)28(34(3,4)5)37-30(41)25-19-26(36-29(35-25)22-12-10-9-11-13-22)40-20-23-24(21-40)27(23)32(43)45-7-2/h9-13,19,23-24,27-28H,6-8,14-18,20-21H2,1-5H3,(H,37,41)/t23-,24+,27-,28-/m1/s1. The number of piperazine rings is 1. The summed E-state index contributed by atoms with van der Waals surface area (Å²) in [5.41, 5.74) is 0.328. The number of anilines is 1. The molecular weight excluding hydrogens is 588 g/mol. The minimum Gasteiger partial charge on any atom is -0.466 e. The van der Waals surface area contributed by atoms with Crippen LogP contribution in [0.3, 0.4) is 0 Å². The molecule has 2 aromatic rings. The van der Waals surface area contributed by atoms with Crippen molar-refractivity contribution in [2.24, 2.45) is 23.2 Å². The van der Waals surface area contributed by atoms with E-state index in [-0.39, 0.29) is 41.4 Å². The van der Waals surface area contributed by atoms with Gasteiger partial charge in [0.15, 0.2) is 5.82 Å². The molecule has 12 nitrogen and oxygen atoms in total. The molecule has 0 radical (unpaired) electrons. The highest BCUT2D eigenvalue weighted by Crippen LogP contribution is 2.53. The number of nitrogens with one attached hydrogen (secondary N) is 1. The number of nitrogens with zero attached hydrogens (tertiary/aromatic N) is 5. The van der Waals surface area contributed by atoms with Crippen molar-refractivity contribution in [3.8, 4) is 11.4 Å². The average molecular weight is 635 g/mol. The molecule has 3 fully saturated rings. The van der Waals surface area contributed by atoms with Crippen molar-refractivity contribution in [3.05, 3.63) is 42.1 Å². The number of carbonyl (C=O) groups is 4. The van der Waals surface area contributed by atoms with Gasteiger partial charge in [0.2, 0.25) is 5.91 Å². The molecule has 1 aliphatic carbocycles. The Bertz CT molecular complexity index is 1410. The zero-order valence-electron chi connectivity index (χ0n) is 27.5. The van der Waals surface area contributed by atoms with Gasteiger partial charge in [0.1, 0.15) is 17.6 Å². The van der Waals surface area contributed by atoms with Crippen LogP contribution < -0.4 is 10.2 Å². The largest absolute Gasteiger partial charge is 0.466 e. The fourth-order valence-corrected chi connectivity index (χ4v) is 6.27. The number of hydrogen-bond donors (Lipinski definition) is 1. The first-order chi connectivity index (χ1) is 22.0. The van der Waals surface area contributed by atoms with Gasteiger partial charge in [-0.1, -0.05) is 64.4 Å². The van der Waals surface area contributed by atoms with Crippen LogP contribution in [0, 0.1) is 23.2 Å². The second-order valence-electron chi connectivity index (χ2n) is 13.4. The molecule has 3 heterocycles. The number of amides is 3. The summed E-state index contributed by atoms with van der Waals surface area (Å²) in [6.07, 6.45) is 1.39. The number of carbonyl (C=O) groups excluding carboxylic acids is 4. The lowest BCUT2D eigenvalue weighted by molar-refractivity contribution is -0.145. The van der Waals surface area contributed by atoms with Crippen LogP contribution >= 0.6 is 0 Å². The van der Waals surface area contributed by atoms with Crippen LogP contribution in [0.5, 0.6) is 0 Å². The number of rotatable bonds is 10. The van der Waals surface area contributed by atoms with Crippen molar-refractivity contribution >= 4 is 29.7 Å². The van der Waals surface area contributed by atoms with Crippen LogP contribution in [0.4, 0.5) is 10.6 Å². The summed E-state index contributed by atoms with van der Waals surface area (Å²) in [4.78, 5) is 67.3. The number of hydrogen-bond acceptors (Lipinski definition) is 9. The van der Waals surface area contributed by atoms with Crippen molar-refractivity contribution in [1.82, 2.24) is 25.1 Å². The molecule has 0 bridgehead atoms. The third-order valence-electron chi connectivity index (χ3n) is 9.02. The van der Waals surface area contributed by atoms with Crippen LogP contribution in [0.2, 0.25) is 0 Å². The van der Waals surface area contributed by atoms with Gasteiger partial charge in [0, 0.05) is 50.9 Å². The minimum atomic E-state index is -0.827. The number of benzene rings is 1. The first-order valence-electron chi connectivity index (χ1n) is 16.4. The van der Waals surface area contributed by atoms with Crippen molar-refractivity contribution in [2.45, 2.75) is 53.5 Å². The Kier molecular flexibility index (Phi) is 10.1. The lowest BCUT2D eigenvalue weighted by atomic mass is 9.85. The van der Waals surface area contributed by atoms with Crippen molar-refractivity contribution in [1.29, 1.82) is 0 Å². The van der Waals surface area contributed by atoms with Crippen molar-refractivity contribution in [3.63, 3.8) is 0 Å². The van der Waals surface area contributed by atoms with Gasteiger partial charge in [-0.3, -0.25) is 14.4 Å². The number of fused-ring (bicyclic) bond motifs is 1. The highest BCUT2D eigenvalue weighted by molar-refractivity contribution is 5.97. The van der Waals surface area contributed by atoms with E-state index < -0.39 is 17.4 Å². The summed E-state index contributed by atoms with van der Waals surface area (Å²) in [7, 11) is 0. The van der Waals surface area contributed by atoms with E-state index >= 15 is 0 Å². The summed E-state index contributed by atoms with van der Waals surface area (Å²) >= 11 is 0. The van der Waals surface area contributed by atoms with E-state index in [4.69, 9.17) is 14.5 Å². The molecule has 0 spiro atoms. The van der Waals surface area contributed by atoms with Gasteiger partial charge in [-0.15, -0.1) is 0 Å². The number of unbranched alkanes of at least 4 members (excludes halogenated alkanes) is 1. The molecule has 1 aromatic heterocycles. The fraction of sp³-hybridized carbons (Fsp3) is 0.588. The number of aromatic nitrogens is 2. The normalized spacial score (nSPS) is 21.3. The summed E-state index contributed by atoms with van der Waals surface area (Å²) in [5.74, 6) is 0.516. The van der Waals surface area contributed by atoms with Gasteiger partial charge < -0.3 is 29.5 Å². The zero-order valence-corrected chi connectivity index (χ0v) is 27.5. The Hall–Kier alpha value is -4.22. The van der Waals surface area contributed by atoms with E-state index in [2.05, 4.69) is 15.2 Å². The van der Waals surface area contributed by atoms with Crippen molar-refractivity contribution < 1.29 is 28.7 Å². The lowest BCUT2D eigenvalue weighted by Crippen LogP contribution is -2.59. The molecule has 0 unspecified atom stereocenters. The highest BCUT2D eigenvalue weighted by Gasteiger charge is 2.60. The average Bonchev–Trinajstić information content (AvgIpc) is 3.56. The molecule has 3 aliphatic rings. The molecule has 12 heteroatoms. The lowest BCUT2D eigenvalue weighted by Gasteiger charge is -2.39. The number of piperidine rings is 1. The summed E-state index contributed by atoms with van der Waals surface area (Å²) < 4.78 is 10.6. The molecule has 3 amide bonds. The SMILES string of the molecule is CCCCOC(=O)N1CCN(C(=O)[C@@H](NC(=O)c2cc(N3C[C@@H]4[C@H](C3)[C@@H]4C(=O)OCC)nc(-c3ccccc3)n2)C(C)(C)C)CC1. The molecule has 5 rings (SSSR count). The molecule has 1 N–H and O–H groups in total. The highest BCUT2D eigenvalue weighted by atomic mass is 16.6. The Balaban J connectivity index is 1.31. The first kappa shape index (κ1) is 33.2. The smallest absolute Gasteiger partial charge is 0.409 e. The molecule has 1 aromatic carbocycles. The van der Waals surface area contributed by atoms with Gasteiger partial charge in [-0.05, 0) is 30.6 Å². The first-order valence-corrected chi connectivity index (χ1v) is 16.4. The maximum absolute atomic E-state index is 13.9. The van der Waals surface area contributed by atoms with Crippen LogP contribution in [-0.4, -0.2) is 102 Å². The summed E-state index contributed by atoms with van der Waals surface area (Å²) in [6, 6.07) is 10.3. The van der Waals surface area contributed by atoms with E-state index in [1.165, 1.54) is 0 Å². The minimum absolute atomic E-state index is 0.0819. The summed E-state index contributed by atoms with van der Waals surface area (Å²) in [6.45, 7) is 13.1. The predicted molar refractivity (Wildman–Crippen MR) is 172 cm³/mol. The van der Waals surface area contributed by atoms with Gasteiger partial charge in [-0.25, -0.2) is 14.8 Å². The number of esters is 1. The summed E-state index contributed by atoms with van der Waals surface area (Å²) in [5, 5.41) is 2.98. The predicted octanol–water partition coefficient (Wildman–Crippen LogP) is 3.61. The molecule has 2 saturated heterocycles. The van der Waals surface area contributed by atoms with E-state index in [9.17, 15) is 19.2 Å². The second-order valence-corrected chi connectivity index (χ2v) is 13.4. The Morgan fingerprint density at radius 3 is 2.20 bits per heavy atom.